The molecule has 1 aromatic carbocycles. The van der Waals surface area contributed by atoms with Gasteiger partial charge in [0.25, 0.3) is 0 Å². The molecule has 4 aliphatic rings. The SMILES string of the molecule is c1ccc(-c2ccc(C[NH2+]C34CC5CC(CC(C5)C3)C4)o2)cc1. The van der Waals surface area contributed by atoms with Crippen molar-refractivity contribution in [3.8, 4) is 11.3 Å². The van der Waals surface area contributed by atoms with E-state index in [1.165, 1.54) is 44.1 Å². The molecule has 0 radical (unpaired) electrons. The highest BCUT2D eigenvalue weighted by molar-refractivity contribution is 5.57. The summed E-state index contributed by atoms with van der Waals surface area (Å²) in [7, 11) is 0. The zero-order valence-corrected chi connectivity index (χ0v) is 13.7. The number of nitrogens with two attached hydrogens (primary N) is 1. The van der Waals surface area contributed by atoms with Gasteiger partial charge in [0.05, 0.1) is 5.54 Å². The fourth-order valence-electron chi connectivity index (χ4n) is 5.99. The van der Waals surface area contributed by atoms with Gasteiger partial charge >= 0.3 is 0 Å². The third-order valence-corrected chi connectivity index (χ3v) is 6.54. The van der Waals surface area contributed by atoms with Gasteiger partial charge in [0.15, 0.2) is 5.76 Å². The first-order valence-electron chi connectivity index (χ1n) is 9.26. The molecule has 0 saturated heterocycles. The molecule has 2 nitrogen and oxygen atoms in total. The van der Waals surface area contributed by atoms with Crippen LogP contribution in [0, 0.1) is 17.8 Å². The largest absolute Gasteiger partial charge is 0.455 e. The summed E-state index contributed by atoms with van der Waals surface area (Å²) < 4.78 is 6.10. The Bertz CT molecular complexity index is 652. The molecule has 4 saturated carbocycles. The van der Waals surface area contributed by atoms with E-state index in [9.17, 15) is 0 Å². The number of hydrogen-bond donors (Lipinski definition) is 1. The standard InChI is InChI=1S/C21H25NO/c1-2-4-18(5-3-1)20-7-6-19(23-20)14-22-21-11-15-8-16(12-21)10-17(9-15)13-21/h1-7,15-17,22H,8-14H2/p+1. The predicted octanol–water partition coefficient (Wildman–Crippen LogP) is 3.98. The Kier molecular flexibility index (Phi) is 3.16. The van der Waals surface area contributed by atoms with Crippen molar-refractivity contribution in [3.05, 3.63) is 48.2 Å². The van der Waals surface area contributed by atoms with Gasteiger partial charge in [-0.25, -0.2) is 0 Å². The number of rotatable bonds is 4. The zero-order valence-electron chi connectivity index (χ0n) is 13.7. The van der Waals surface area contributed by atoms with Crippen molar-refractivity contribution in [2.75, 3.05) is 0 Å². The lowest BCUT2D eigenvalue weighted by Gasteiger charge is -2.54. The summed E-state index contributed by atoms with van der Waals surface area (Å²) in [6.07, 6.45) is 8.91. The summed E-state index contributed by atoms with van der Waals surface area (Å²) in [6.45, 7) is 0.999. The molecule has 23 heavy (non-hydrogen) atoms. The van der Waals surface area contributed by atoms with Gasteiger partial charge in [0.2, 0.25) is 0 Å². The van der Waals surface area contributed by atoms with Gasteiger partial charge in [0.1, 0.15) is 12.3 Å². The van der Waals surface area contributed by atoms with Crippen LogP contribution >= 0.6 is 0 Å². The van der Waals surface area contributed by atoms with Gasteiger partial charge in [-0.2, -0.15) is 0 Å². The van der Waals surface area contributed by atoms with Gasteiger partial charge in [-0.05, 0) is 49.1 Å². The normalized spacial score (nSPS) is 34.9. The van der Waals surface area contributed by atoms with E-state index in [0.717, 1.165) is 35.8 Å². The van der Waals surface area contributed by atoms with Crippen molar-refractivity contribution in [1.29, 1.82) is 0 Å². The summed E-state index contributed by atoms with van der Waals surface area (Å²) in [4.78, 5) is 0. The number of quaternary nitrogens is 1. The van der Waals surface area contributed by atoms with E-state index in [2.05, 4.69) is 41.7 Å². The molecule has 4 bridgehead atoms. The van der Waals surface area contributed by atoms with Gasteiger partial charge in [0, 0.05) is 24.8 Å². The molecular weight excluding hydrogens is 282 g/mol. The summed E-state index contributed by atoms with van der Waals surface area (Å²) >= 11 is 0. The summed E-state index contributed by atoms with van der Waals surface area (Å²) in [5.74, 6) is 5.19. The van der Waals surface area contributed by atoms with Crippen LogP contribution in [0.15, 0.2) is 46.9 Å². The second kappa shape index (κ2) is 5.24. The highest BCUT2D eigenvalue weighted by Crippen LogP contribution is 2.54. The van der Waals surface area contributed by atoms with Crippen LogP contribution in [0.5, 0.6) is 0 Å². The molecule has 2 N–H and O–H groups in total. The molecule has 0 unspecified atom stereocenters. The van der Waals surface area contributed by atoms with E-state index in [-0.39, 0.29) is 0 Å². The lowest BCUT2D eigenvalue weighted by atomic mass is 9.53. The van der Waals surface area contributed by atoms with E-state index >= 15 is 0 Å². The van der Waals surface area contributed by atoms with Crippen molar-refractivity contribution in [1.82, 2.24) is 0 Å². The molecule has 2 heteroatoms. The average molecular weight is 308 g/mol. The van der Waals surface area contributed by atoms with Gasteiger partial charge in [-0.1, -0.05) is 30.3 Å². The Morgan fingerprint density at radius 1 is 0.870 bits per heavy atom. The first kappa shape index (κ1) is 13.9. The molecule has 0 atom stereocenters. The first-order valence-corrected chi connectivity index (χ1v) is 9.26. The van der Waals surface area contributed by atoms with Gasteiger partial charge in [-0.3, -0.25) is 0 Å². The molecule has 2 aromatic rings. The highest BCUT2D eigenvalue weighted by atomic mass is 16.3. The molecule has 4 aliphatic carbocycles. The van der Waals surface area contributed by atoms with Crippen LogP contribution in [0.4, 0.5) is 0 Å². The first-order chi connectivity index (χ1) is 11.3. The quantitative estimate of drug-likeness (QED) is 0.909. The smallest absolute Gasteiger partial charge is 0.158 e. The minimum atomic E-state index is 0.536. The second-order valence-electron chi connectivity index (χ2n) is 8.32. The van der Waals surface area contributed by atoms with Crippen molar-refractivity contribution in [2.45, 2.75) is 50.6 Å². The Morgan fingerprint density at radius 2 is 1.52 bits per heavy atom. The van der Waals surface area contributed by atoms with Crippen LogP contribution in [-0.4, -0.2) is 5.54 Å². The Hall–Kier alpha value is -1.54. The molecule has 0 aliphatic heterocycles. The van der Waals surface area contributed by atoms with Crippen molar-refractivity contribution >= 4 is 0 Å². The monoisotopic (exact) mass is 308 g/mol. The van der Waals surface area contributed by atoms with E-state index in [1.807, 2.05) is 6.07 Å². The number of benzene rings is 1. The third-order valence-electron chi connectivity index (χ3n) is 6.54. The summed E-state index contributed by atoms with van der Waals surface area (Å²) in [5, 5.41) is 2.63. The van der Waals surface area contributed by atoms with Crippen LogP contribution in [0.2, 0.25) is 0 Å². The van der Waals surface area contributed by atoms with Crippen LogP contribution < -0.4 is 5.32 Å². The zero-order chi connectivity index (χ0) is 15.3. The third kappa shape index (κ3) is 2.53. The number of hydrogen-bond acceptors (Lipinski definition) is 1. The molecule has 1 heterocycles. The maximum absolute atomic E-state index is 6.10. The number of furan rings is 1. The Morgan fingerprint density at radius 3 is 2.17 bits per heavy atom. The van der Waals surface area contributed by atoms with E-state index in [1.54, 1.807) is 0 Å². The van der Waals surface area contributed by atoms with Crippen molar-refractivity contribution in [2.24, 2.45) is 17.8 Å². The Balaban J connectivity index is 1.29. The molecule has 120 valence electrons. The maximum atomic E-state index is 6.10. The van der Waals surface area contributed by atoms with Crippen LogP contribution in [-0.2, 0) is 6.54 Å². The fraction of sp³-hybridized carbons (Fsp3) is 0.524. The second-order valence-corrected chi connectivity index (χ2v) is 8.32. The molecule has 0 amide bonds. The maximum Gasteiger partial charge on any atom is 0.158 e. The molecule has 4 fully saturated rings. The molecular formula is C21H26NO+. The lowest BCUT2D eigenvalue weighted by Crippen LogP contribution is -2.97. The van der Waals surface area contributed by atoms with Crippen molar-refractivity contribution in [3.63, 3.8) is 0 Å². The van der Waals surface area contributed by atoms with Gasteiger partial charge in [-0.15, -0.1) is 0 Å². The topological polar surface area (TPSA) is 29.8 Å². The minimum Gasteiger partial charge on any atom is -0.455 e. The van der Waals surface area contributed by atoms with Crippen LogP contribution in [0.1, 0.15) is 44.3 Å². The molecule has 0 spiro atoms. The van der Waals surface area contributed by atoms with E-state index in [4.69, 9.17) is 4.42 Å². The fourth-order valence-corrected chi connectivity index (χ4v) is 5.99. The van der Waals surface area contributed by atoms with E-state index in [0.29, 0.717) is 5.54 Å². The van der Waals surface area contributed by atoms with Crippen LogP contribution in [0.25, 0.3) is 11.3 Å². The molecule has 1 aromatic heterocycles. The van der Waals surface area contributed by atoms with Crippen molar-refractivity contribution < 1.29 is 9.73 Å². The molecule has 6 rings (SSSR count). The van der Waals surface area contributed by atoms with Crippen LogP contribution in [0.3, 0.4) is 0 Å². The summed E-state index contributed by atoms with van der Waals surface area (Å²) in [6, 6.07) is 14.7. The van der Waals surface area contributed by atoms with E-state index < -0.39 is 0 Å². The highest BCUT2D eigenvalue weighted by Gasteiger charge is 2.53. The predicted molar refractivity (Wildman–Crippen MR) is 90.7 cm³/mol. The lowest BCUT2D eigenvalue weighted by molar-refractivity contribution is -0.754. The minimum absolute atomic E-state index is 0.536. The average Bonchev–Trinajstić information content (AvgIpc) is 3.02. The Labute approximate surface area is 138 Å². The summed E-state index contributed by atoms with van der Waals surface area (Å²) in [5.41, 5.74) is 1.71. The van der Waals surface area contributed by atoms with Gasteiger partial charge < -0.3 is 9.73 Å².